The van der Waals surface area contributed by atoms with E-state index in [1.165, 1.54) is 7.11 Å². The van der Waals surface area contributed by atoms with E-state index in [1.54, 1.807) is 54.7 Å². The molecule has 1 amide bonds. The second kappa shape index (κ2) is 11.4. The van der Waals surface area contributed by atoms with Gasteiger partial charge >= 0.3 is 0 Å². The third-order valence-corrected chi connectivity index (χ3v) is 5.34. The summed E-state index contributed by atoms with van der Waals surface area (Å²) < 4.78 is 16.3. The lowest BCUT2D eigenvalue weighted by Crippen LogP contribution is -2.44. The highest BCUT2D eigenvalue weighted by Crippen LogP contribution is 2.31. The summed E-state index contributed by atoms with van der Waals surface area (Å²) in [6, 6.07) is 10.1. The van der Waals surface area contributed by atoms with Crippen molar-refractivity contribution in [1.82, 2.24) is 5.01 Å². The van der Waals surface area contributed by atoms with Crippen LogP contribution in [-0.2, 0) is 4.79 Å². The lowest BCUT2D eigenvalue weighted by Gasteiger charge is -2.32. The van der Waals surface area contributed by atoms with E-state index >= 15 is 0 Å². The van der Waals surface area contributed by atoms with Crippen LogP contribution in [0.1, 0.15) is 38.7 Å². The van der Waals surface area contributed by atoms with Gasteiger partial charge in [0.2, 0.25) is 5.91 Å². The minimum Gasteiger partial charge on any atom is -0.504 e. The molecule has 2 aromatic rings. The molecule has 8 heteroatoms. The van der Waals surface area contributed by atoms with Crippen LogP contribution in [-0.4, -0.2) is 55.7 Å². The van der Waals surface area contributed by atoms with Crippen molar-refractivity contribution in [3.05, 3.63) is 42.0 Å². The number of ether oxygens (including phenoxy) is 3. The Kier molecular flexibility index (Phi) is 8.40. The van der Waals surface area contributed by atoms with Gasteiger partial charge in [0.25, 0.3) is 0 Å². The van der Waals surface area contributed by atoms with Gasteiger partial charge in [-0.05, 0) is 61.1 Å². The molecular weight excluding hydrogens is 422 g/mol. The van der Waals surface area contributed by atoms with Crippen LogP contribution in [0, 0.1) is 5.92 Å². The van der Waals surface area contributed by atoms with Gasteiger partial charge in [0, 0.05) is 18.3 Å². The maximum absolute atomic E-state index is 13.1. The summed E-state index contributed by atoms with van der Waals surface area (Å²) in [6.45, 7) is 5.38. The molecule has 0 saturated carbocycles. The first-order valence-electron chi connectivity index (χ1n) is 11.2. The summed E-state index contributed by atoms with van der Waals surface area (Å²) in [5.74, 6) is 1.92. The molecule has 178 valence electrons. The number of nitrogens with one attached hydrogen (secondary N) is 1. The first-order chi connectivity index (χ1) is 15.9. The number of rotatable bonds is 9. The third-order valence-electron chi connectivity index (χ3n) is 5.34. The number of carbonyl (C=O) groups is 1. The molecule has 1 saturated heterocycles. The summed E-state index contributed by atoms with van der Waals surface area (Å²) in [5.41, 5.74) is 1.37. The predicted octanol–water partition coefficient (Wildman–Crippen LogP) is 4.27. The fourth-order valence-electron chi connectivity index (χ4n) is 3.60. The lowest BCUT2D eigenvalue weighted by atomic mass is 10.0. The van der Waals surface area contributed by atoms with Crippen molar-refractivity contribution in [2.24, 2.45) is 11.0 Å². The molecule has 0 radical (unpaired) electrons. The summed E-state index contributed by atoms with van der Waals surface area (Å²) in [4.78, 5) is 13.1. The molecule has 1 atom stereocenters. The quantitative estimate of drug-likeness (QED) is 0.549. The van der Waals surface area contributed by atoms with Crippen LogP contribution < -0.4 is 19.5 Å². The molecule has 1 aliphatic heterocycles. The minimum atomic E-state index is -0.385. The largest absolute Gasteiger partial charge is 0.504 e. The number of nitrogens with zero attached hydrogens (tertiary/aromatic N) is 2. The standard InChI is InChI=1S/C25H33N3O5/c1-17(2)16-33-24-14-19(9-11-23(24)32-4)27-25(30)20-7-5-6-12-28(20)26-15-18-8-10-22(31-3)21(29)13-18/h8-11,13-15,17,20,29H,5-7,12,16H2,1-4H3,(H,27,30). The highest BCUT2D eigenvalue weighted by Gasteiger charge is 2.28. The number of amides is 1. The van der Waals surface area contributed by atoms with Crippen molar-refractivity contribution in [3.8, 4) is 23.0 Å². The van der Waals surface area contributed by atoms with Gasteiger partial charge < -0.3 is 24.6 Å². The Labute approximate surface area is 195 Å². The fourth-order valence-corrected chi connectivity index (χ4v) is 3.60. The molecule has 33 heavy (non-hydrogen) atoms. The Balaban J connectivity index is 1.71. The number of anilines is 1. The van der Waals surface area contributed by atoms with Gasteiger partial charge in [-0.3, -0.25) is 9.80 Å². The molecule has 1 aliphatic rings. The molecule has 2 N–H and O–H groups in total. The van der Waals surface area contributed by atoms with Crippen LogP contribution in [0.5, 0.6) is 23.0 Å². The van der Waals surface area contributed by atoms with Crippen LogP contribution in [0.25, 0.3) is 0 Å². The summed E-state index contributed by atoms with van der Waals surface area (Å²) in [5, 5.41) is 19.3. The second-order valence-corrected chi connectivity index (χ2v) is 8.41. The van der Waals surface area contributed by atoms with E-state index in [2.05, 4.69) is 24.3 Å². The average Bonchev–Trinajstić information content (AvgIpc) is 2.81. The number of phenols is 1. The van der Waals surface area contributed by atoms with E-state index in [9.17, 15) is 9.90 Å². The molecule has 1 unspecified atom stereocenters. The smallest absolute Gasteiger partial charge is 0.248 e. The number of benzene rings is 2. The number of phenolic OH excluding ortho intramolecular Hbond substituents is 1. The molecule has 0 aliphatic carbocycles. The van der Waals surface area contributed by atoms with Gasteiger partial charge in [-0.2, -0.15) is 5.10 Å². The van der Waals surface area contributed by atoms with Gasteiger partial charge in [0.05, 0.1) is 27.0 Å². The van der Waals surface area contributed by atoms with E-state index in [-0.39, 0.29) is 17.7 Å². The van der Waals surface area contributed by atoms with Gasteiger partial charge in [0.1, 0.15) is 6.04 Å². The number of hydrogen-bond donors (Lipinski definition) is 2. The number of carbonyl (C=O) groups excluding carboxylic acids is 1. The van der Waals surface area contributed by atoms with Gasteiger partial charge in [-0.1, -0.05) is 13.8 Å². The van der Waals surface area contributed by atoms with Crippen LogP contribution in [0.2, 0.25) is 0 Å². The zero-order valence-electron chi connectivity index (χ0n) is 19.7. The van der Waals surface area contributed by atoms with Crippen molar-refractivity contribution in [3.63, 3.8) is 0 Å². The first-order valence-corrected chi connectivity index (χ1v) is 11.2. The Bertz CT molecular complexity index is 977. The van der Waals surface area contributed by atoms with E-state index in [1.807, 2.05) is 0 Å². The highest BCUT2D eigenvalue weighted by molar-refractivity contribution is 5.95. The first kappa shape index (κ1) is 24.2. The predicted molar refractivity (Wildman–Crippen MR) is 129 cm³/mol. The summed E-state index contributed by atoms with van der Waals surface area (Å²) >= 11 is 0. The van der Waals surface area contributed by atoms with Crippen molar-refractivity contribution >= 4 is 17.8 Å². The Morgan fingerprint density at radius 1 is 1.15 bits per heavy atom. The average molecular weight is 456 g/mol. The lowest BCUT2D eigenvalue weighted by molar-refractivity contribution is -0.122. The molecular formula is C25H33N3O5. The van der Waals surface area contributed by atoms with Crippen molar-refractivity contribution in [2.45, 2.75) is 39.2 Å². The van der Waals surface area contributed by atoms with E-state index in [0.29, 0.717) is 48.4 Å². The Morgan fingerprint density at radius 3 is 2.61 bits per heavy atom. The molecule has 0 spiro atoms. The molecule has 2 aromatic carbocycles. The van der Waals surface area contributed by atoms with Gasteiger partial charge in [0.15, 0.2) is 23.0 Å². The normalized spacial score (nSPS) is 16.2. The molecule has 1 fully saturated rings. The summed E-state index contributed by atoms with van der Waals surface area (Å²) in [6.07, 6.45) is 4.28. The van der Waals surface area contributed by atoms with Crippen LogP contribution in [0.4, 0.5) is 5.69 Å². The second-order valence-electron chi connectivity index (χ2n) is 8.41. The zero-order chi connectivity index (χ0) is 23.8. The van der Waals surface area contributed by atoms with Crippen LogP contribution >= 0.6 is 0 Å². The molecule has 1 heterocycles. The van der Waals surface area contributed by atoms with Crippen molar-refractivity contribution < 1.29 is 24.1 Å². The number of hydrazone groups is 1. The van der Waals surface area contributed by atoms with E-state index < -0.39 is 0 Å². The van der Waals surface area contributed by atoms with Crippen molar-refractivity contribution in [1.29, 1.82) is 0 Å². The third kappa shape index (κ3) is 6.54. The zero-order valence-corrected chi connectivity index (χ0v) is 19.7. The molecule has 0 aromatic heterocycles. The monoisotopic (exact) mass is 455 g/mol. The van der Waals surface area contributed by atoms with Crippen LogP contribution in [0.3, 0.4) is 0 Å². The Hall–Kier alpha value is -3.42. The molecule has 8 nitrogen and oxygen atoms in total. The van der Waals surface area contributed by atoms with E-state index in [0.717, 1.165) is 18.4 Å². The van der Waals surface area contributed by atoms with Crippen LogP contribution in [0.15, 0.2) is 41.5 Å². The highest BCUT2D eigenvalue weighted by atomic mass is 16.5. The van der Waals surface area contributed by atoms with Crippen molar-refractivity contribution in [2.75, 3.05) is 32.7 Å². The molecule has 3 rings (SSSR count). The molecule has 0 bridgehead atoms. The number of hydrogen-bond acceptors (Lipinski definition) is 7. The topological polar surface area (TPSA) is 92.6 Å². The maximum Gasteiger partial charge on any atom is 0.248 e. The number of piperidine rings is 1. The van der Waals surface area contributed by atoms with Gasteiger partial charge in [-0.15, -0.1) is 0 Å². The summed E-state index contributed by atoms with van der Waals surface area (Å²) in [7, 11) is 3.10. The minimum absolute atomic E-state index is 0.0457. The fraction of sp³-hybridized carbons (Fsp3) is 0.440. The Morgan fingerprint density at radius 2 is 1.91 bits per heavy atom. The van der Waals surface area contributed by atoms with E-state index in [4.69, 9.17) is 14.2 Å². The number of methoxy groups -OCH3 is 2. The van der Waals surface area contributed by atoms with Gasteiger partial charge in [-0.25, -0.2) is 0 Å². The SMILES string of the molecule is COc1ccc(C=NN2CCCCC2C(=O)Nc2ccc(OC)c(OCC(C)C)c2)cc1O. The maximum atomic E-state index is 13.1. The number of aromatic hydroxyl groups is 1.